The number of imidazole rings is 1. The maximum absolute atomic E-state index is 5.43. The van der Waals surface area contributed by atoms with E-state index in [0.717, 1.165) is 22.8 Å². The van der Waals surface area contributed by atoms with E-state index in [1.165, 1.54) is 0 Å². The Hall–Kier alpha value is -1.77. The van der Waals surface area contributed by atoms with Crippen LogP contribution in [0.15, 0.2) is 30.5 Å². The van der Waals surface area contributed by atoms with Crippen molar-refractivity contribution >= 4 is 0 Å². The van der Waals surface area contributed by atoms with E-state index in [1.807, 2.05) is 37.4 Å². The quantitative estimate of drug-likeness (QED) is 0.892. The fraction of sp³-hybridized carbons (Fsp3) is 0.400. The van der Waals surface area contributed by atoms with Gasteiger partial charge in [0.1, 0.15) is 11.6 Å². The van der Waals surface area contributed by atoms with E-state index in [2.05, 4.69) is 30.7 Å². The Bertz CT molecular complexity index is 506. The molecule has 0 radical (unpaired) electrons. The fourth-order valence-electron chi connectivity index (χ4n) is 1.74. The van der Waals surface area contributed by atoms with E-state index in [1.54, 1.807) is 0 Å². The number of nitrogens with one attached hydrogen (secondary N) is 1. The Morgan fingerprint density at radius 3 is 2.33 bits per heavy atom. The lowest BCUT2D eigenvalue weighted by Gasteiger charge is -2.13. The molecule has 0 aliphatic rings. The van der Waals surface area contributed by atoms with Crippen molar-refractivity contribution in [2.45, 2.75) is 33.1 Å². The van der Waals surface area contributed by atoms with Gasteiger partial charge in [0, 0.05) is 17.2 Å². The maximum atomic E-state index is 5.43. The second-order valence-electron chi connectivity index (χ2n) is 5.34. The lowest BCUT2D eigenvalue weighted by atomic mass is 9.96. The molecule has 3 nitrogen and oxygen atoms in total. The van der Waals surface area contributed by atoms with Crippen molar-refractivity contribution in [3.8, 4) is 17.0 Å². The molecule has 0 aliphatic heterocycles. The van der Waals surface area contributed by atoms with Gasteiger partial charge in [0.15, 0.2) is 0 Å². The third-order valence-corrected chi connectivity index (χ3v) is 2.75. The molecule has 0 atom stereocenters. The summed E-state index contributed by atoms with van der Waals surface area (Å²) in [5.74, 6) is 1.90. The SMILES string of the molecule is CCOc1ccc(-c2c[nH]c(C(C)(C)C)n2)cc1. The second-order valence-corrected chi connectivity index (χ2v) is 5.34. The normalized spacial score (nSPS) is 11.6. The van der Waals surface area contributed by atoms with Crippen LogP contribution in [0.1, 0.15) is 33.5 Å². The van der Waals surface area contributed by atoms with Crippen molar-refractivity contribution in [2.24, 2.45) is 0 Å². The van der Waals surface area contributed by atoms with Crippen LogP contribution >= 0.6 is 0 Å². The van der Waals surface area contributed by atoms with Gasteiger partial charge in [0.25, 0.3) is 0 Å². The molecule has 1 aromatic heterocycles. The van der Waals surface area contributed by atoms with Crippen LogP contribution in [0, 0.1) is 0 Å². The van der Waals surface area contributed by atoms with Crippen LogP contribution in [0.2, 0.25) is 0 Å². The highest BCUT2D eigenvalue weighted by Gasteiger charge is 2.17. The zero-order valence-electron chi connectivity index (χ0n) is 11.4. The predicted molar refractivity (Wildman–Crippen MR) is 73.9 cm³/mol. The van der Waals surface area contributed by atoms with Crippen LogP contribution in [0.25, 0.3) is 11.3 Å². The molecule has 0 spiro atoms. The van der Waals surface area contributed by atoms with Gasteiger partial charge in [0.05, 0.1) is 12.3 Å². The summed E-state index contributed by atoms with van der Waals surface area (Å²) in [5.41, 5.74) is 2.12. The highest BCUT2D eigenvalue weighted by Crippen LogP contribution is 2.24. The van der Waals surface area contributed by atoms with Crippen LogP contribution in [-0.2, 0) is 5.41 Å². The molecule has 0 fully saturated rings. The Kier molecular flexibility index (Phi) is 3.41. The minimum Gasteiger partial charge on any atom is -0.494 e. The molecule has 1 aromatic carbocycles. The molecule has 2 aromatic rings. The third-order valence-electron chi connectivity index (χ3n) is 2.75. The van der Waals surface area contributed by atoms with Crippen LogP contribution in [0.5, 0.6) is 5.75 Å². The van der Waals surface area contributed by atoms with E-state index in [9.17, 15) is 0 Å². The molecule has 96 valence electrons. The molecule has 0 amide bonds. The molecule has 0 saturated heterocycles. The molecule has 2 rings (SSSR count). The van der Waals surface area contributed by atoms with Crippen LogP contribution in [0.3, 0.4) is 0 Å². The van der Waals surface area contributed by atoms with E-state index < -0.39 is 0 Å². The Morgan fingerprint density at radius 2 is 1.83 bits per heavy atom. The van der Waals surface area contributed by atoms with Crippen molar-refractivity contribution in [1.29, 1.82) is 0 Å². The minimum absolute atomic E-state index is 0.0452. The van der Waals surface area contributed by atoms with Gasteiger partial charge in [-0.25, -0.2) is 4.98 Å². The van der Waals surface area contributed by atoms with E-state index in [-0.39, 0.29) is 5.41 Å². The number of nitrogens with zero attached hydrogens (tertiary/aromatic N) is 1. The highest BCUT2D eigenvalue weighted by atomic mass is 16.5. The van der Waals surface area contributed by atoms with Crippen LogP contribution < -0.4 is 4.74 Å². The predicted octanol–water partition coefficient (Wildman–Crippen LogP) is 3.77. The Morgan fingerprint density at radius 1 is 1.17 bits per heavy atom. The largest absolute Gasteiger partial charge is 0.494 e. The molecule has 18 heavy (non-hydrogen) atoms. The summed E-state index contributed by atoms with van der Waals surface area (Å²) in [6.45, 7) is 9.11. The summed E-state index contributed by atoms with van der Waals surface area (Å²) in [7, 11) is 0. The van der Waals surface area contributed by atoms with Crippen molar-refractivity contribution in [2.75, 3.05) is 6.61 Å². The van der Waals surface area contributed by atoms with Gasteiger partial charge in [0.2, 0.25) is 0 Å². The molecule has 0 bridgehead atoms. The number of aromatic nitrogens is 2. The van der Waals surface area contributed by atoms with Gasteiger partial charge < -0.3 is 9.72 Å². The zero-order valence-corrected chi connectivity index (χ0v) is 11.4. The first kappa shape index (κ1) is 12.7. The van der Waals surface area contributed by atoms with Gasteiger partial charge in [-0.2, -0.15) is 0 Å². The number of H-pyrrole nitrogens is 1. The molecule has 1 N–H and O–H groups in total. The lowest BCUT2D eigenvalue weighted by molar-refractivity contribution is 0.340. The van der Waals surface area contributed by atoms with Gasteiger partial charge in [-0.1, -0.05) is 20.8 Å². The molecule has 3 heteroatoms. The van der Waals surface area contributed by atoms with Crippen LogP contribution in [-0.4, -0.2) is 16.6 Å². The molecule has 0 saturated carbocycles. The number of aromatic amines is 1. The summed E-state index contributed by atoms with van der Waals surface area (Å²) in [6, 6.07) is 8.02. The Balaban J connectivity index is 2.23. The number of benzene rings is 1. The number of rotatable bonds is 3. The highest BCUT2D eigenvalue weighted by molar-refractivity contribution is 5.59. The second kappa shape index (κ2) is 4.84. The van der Waals surface area contributed by atoms with Gasteiger partial charge in [-0.3, -0.25) is 0 Å². The van der Waals surface area contributed by atoms with Gasteiger partial charge in [-0.05, 0) is 31.2 Å². The van der Waals surface area contributed by atoms with Crippen molar-refractivity contribution < 1.29 is 4.74 Å². The maximum Gasteiger partial charge on any atom is 0.119 e. The fourth-order valence-corrected chi connectivity index (χ4v) is 1.74. The first-order valence-corrected chi connectivity index (χ1v) is 6.30. The van der Waals surface area contributed by atoms with Crippen LogP contribution in [0.4, 0.5) is 0 Å². The van der Waals surface area contributed by atoms with E-state index in [0.29, 0.717) is 6.61 Å². The molecular weight excluding hydrogens is 224 g/mol. The first-order chi connectivity index (χ1) is 8.50. The van der Waals surface area contributed by atoms with Gasteiger partial charge in [-0.15, -0.1) is 0 Å². The summed E-state index contributed by atoms with van der Waals surface area (Å²) in [6.07, 6.45) is 1.95. The minimum atomic E-state index is 0.0452. The standard InChI is InChI=1S/C15H20N2O/c1-5-18-12-8-6-11(7-9-12)13-10-16-14(17-13)15(2,3)4/h6-10H,5H2,1-4H3,(H,16,17). The number of hydrogen-bond donors (Lipinski definition) is 1. The van der Waals surface area contributed by atoms with E-state index in [4.69, 9.17) is 4.74 Å². The molecular formula is C15H20N2O. The Labute approximate surface area is 108 Å². The van der Waals surface area contributed by atoms with E-state index >= 15 is 0 Å². The number of hydrogen-bond acceptors (Lipinski definition) is 2. The third kappa shape index (κ3) is 2.73. The smallest absolute Gasteiger partial charge is 0.119 e. The van der Waals surface area contributed by atoms with Crippen molar-refractivity contribution in [1.82, 2.24) is 9.97 Å². The van der Waals surface area contributed by atoms with Crippen molar-refractivity contribution in [3.05, 3.63) is 36.3 Å². The molecule has 1 heterocycles. The summed E-state index contributed by atoms with van der Waals surface area (Å²) in [4.78, 5) is 7.87. The summed E-state index contributed by atoms with van der Waals surface area (Å²) in [5, 5.41) is 0. The molecule has 0 aliphatic carbocycles. The molecule has 0 unspecified atom stereocenters. The monoisotopic (exact) mass is 244 g/mol. The summed E-state index contributed by atoms with van der Waals surface area (Å²) >= 11 is 0. The lowest BCUT2D eigenvalue weighted by Crippen LogP contribution is -2.13. The van der Waals surface area contributed by atoms with Gasteiger partial charge >= 0.3 is 0 Å². The number of ether oxygens (including phenoxy) is 1. The topological polar surface area (TPSA) is 37.9 Å². The summed E-state index contributed by atoms with van der Waals surface area (Å²) < 4.78 is 5.43. The average Bonchev–Trinajstić information content (AvgIpc) is 2.79. The zero-order chi connectivity index (χ0) is 13.2. The first-order valence-electron chi connectivity index (χ1n) is 6.30. The van der Waals surface area contributed by atoms with Crippen molar-refractivity contribution in [3.63, 3.8) is 0 Å². The average molecular weight is 244 g/mol.